The first-order valence-corrected chi connectivity index (χ1v) is 7.73. The Labute approximate surface area is 141 Å². The Hall–Kier alpha value is 1.28. The maximum absolute atomic E-state index is 11.1. The molecule has 0 fully saturated rings. The zero-order valence-electron chi connectivity index (χ0n) is 6.83. The van der Waals surface area contributed by atoms with Crippen LogP contribution in [0.25, 0.3) is 0 Å². The quantitative estimate of drug-likeness (QED) is 0.281. The fraction of sp³-hybridized carbons (Fsp3) is 0. The van der Waals surface area contributed by atoms with Crippen molar-refractivity contribution in [2.24, 2.45) is 0 Å². The topological polar surface area (TPSA) is 57.9 Å². The molecule has 0 heterocycles. The van der Waals surface area contributed by atoms with E-state index >= 15 is 0 Å². The van der Waals surface area contributed by atoms with Crippen LogP contribution >= 0.6 is 90.4 Å². The zero-order valence-corrected chi connectivity index (χ0v) is 15.5. The van der Waals surface area contributed by atoms with E-state index in [2.05, 4.69) is 22.6 Å². The van der Waals surface area contributed by atoms with Crippen LogP contribution in [0.5, 0.6) is 0 Å². The second kappa shape index (κ2) is 5.75. The highest BCUT2D eigenvalue weighted by Crippen LogP contribution is 2.31. The second-order valence-electron chi connectivity index (χ2n) is 2.44. The summed E-state index contributed by atoms with van der Waals surface area (Å²) >= 11 is 8.03. The van der Waals surface area contributed by atoms with Crippen molar-refractivity contribution in [1.29, 1.82) is 0 Å². The summed E-state index contributed by atoms with van der Waals surface area (Å²) in [5, 5.41) is 0. The summed E-state index contributed by atoms with van der Waals surface area (Å²) in [5.74, 6) is -0.769. The van der Waals surface area contributed by atoms with Crippen LogP contribution in [0.3, 0.4) is 0 Å². The lowest BCUT2D eigenvalue weighted by Gasteiger charge is -2.10. The van der Waals surface area contributed by atoms with E-state index in [1.54, 1.807) is 0 Å². The summed E-state index contributed by atoms with van der Waals surface area (Å²) in [6.07, 6.45) is 1.82. The van der Waals surface area contributed by atoms with Crippen molar-refractivity contribution in [2.75, 3.05) is 0 Å². The average molecular weight is 651 g/mol. The van der Waals surface area contributed by atoms with Crippen molar-refractivity contribution in [3.63, 3.8) is 0 Å². The number of nitrogens with one attached hydrogen (secondary N) is 1. The molecular formula is C8HI4NO2. The third kappa shape index (κ3) is 2.75. The number of hydrogen-bond donors (Lipinski definition) is 0. The van der Waals surface area contributed by atoms with E-state index < -0.39 is 5.91 Å². The standard InChI is InChI=1S/C8HI4NO2/c9-4-2(1-14)5(10)7(12)6(11)3(4)8(13)15/h13H. The summed E-state index contributed by atoms with van der Waals surface area (Å²) in [6.45, 7) is 0. The van der Waals surface area contributed by atoms with Gasteiger partial charge in [0.25, 0.3) is 5.91 Å². The number of rotatable bonds is 2. The lowest BCUT2D eigenvalue weighted by Crippen LogP contribution is -2.11. The molecule has 3 nitrogen and oxygen atoms in total. The molecule has 7 heteroatoms. The van der Waals surface area contributed by atoms with Crippen LogP contribution in [0.15, 0.2) is 0 Å². The highest BCUT2D eigenvalue weighted by molar-refractivity contribution is 14.1. The van der Waals surface area contributed by atoms with E-state index in [-0.39, 0.29) is 0 Å². The summed E-state index contributed by atoms with van der Waals surface area (Å²) in [5.41, 5.74) is 7.82. The number of carbonyl (C=O) groups excluding carboxylic acids is 2. The predicted molar refractivity (Wildman–Crippen MR) is 89.5 cm³/mol. The molecule has 0 saturated heterocycles. The van der Waals surface area contributed by atoms with Gasteiger partial charge in [0, 0.05) is 14.3 Å². The molecule has 0 unspecified atom stereocenters. The normalized spacial score (nSPS) is 10.1. The molecular weight excluding hydrogens is 650 g/mol. The van der Waals surface area contributed by atoms with Crippen LogP contribution in [-0.4, -0.2) is 12.2 Å². The smallest absolute Gasteiger partial charge is 0.271 e. The minimum atomic E-state index is -0.769. The molecule has 1 amide bonds. The van der Waals surface area contributed by atoms with Gasteiger partial charge in [-0.3, -0.25) is 15.3 Å². The van der Waals surface area contributed by atoms with Crippen LogP contribution in [0, 0.1) is 14.3 Å². The van der Waals surface area contributed by atoms with Crippen molar-refractivity contribution < 1.29 is 9.59 Å². The molecule has 1 aromatic carbocycles. The van der Waals surface area contributed by atoms with Crippen molar-refractivity contribution in [1.82, 2.24) is 5.73 Å². The van der Waals surface area contributed by atoms with Crippen molar-refractivity contribution >= 4 is 103 Å². The monoisotopic (exact) mass is 651 g/mol. The molecule has 0 bridgehead atoms. The molecule has 0 saturated carbocycles. The third-order valence-corrected chi connectivity index (χ3v) is 7.97. The van der Waals surface area contributed by atoms with Gasteiger partial charge in [0.05, 0.1) is 11.1 Å². The molecule has 0 aromatic heterocycles. The highest BCUT2D eigenvalue weighted by Gasteiger charge is 2.22. The van der Waals surface area contributed by atoms with Gasteiger partial charge >= 0.3 is 0 Å². The lowest BCUT2D eigenvalue weighted by molar-refractivity contribution is 0.0990. The Morgan fingerprint density at radius 1 is 1.00 bits per heavy atom. The van der Waals surface area contributed by atoms with E-state index in [0.717, 1.165) is 10.7 Å². The number of amides is 1. The summed E-state index contributed by atoms with van der Waals surface area (Å²) < 4.78 is 2.84. The molecule has 1 aromatic rings. The Balaban J connectivity index is 3.75. The van der Waals surface area contributed by atoms with Crippen molar-refractivity contribution in [3.8, 4) is 0 Å². The van der Waals surface area contributed by atoms with E-state index in [0.29, 0.717) is 14.7 Å². The second-order valence-corrected chi connectivity index (χ2v) is 6.75. The predicted octanol–water partition coefficient (Wildman–Crippen LogP) is 2.99. The molecule has 0 aliphatic heterocycles. The number of benzene rings is 1. The van der Waals surface area contributed by atoms with Gasteiger partial charge in [-0.15, -0.1) is 0 Å². The highest BCUT2D eigenvalue weighted by atomic mass is 127. The van der Waals surface area contributed by atoms with Crippen LogP contribution in [0.1, 0.15) is 15.9 Å². The maximum Gasteiger partial charge on any atom is 0.271 e. The van der Waals surface area contributed by atoms with Crippen LogP contribution in [-0.2, 0) is 4.79 Å². The number of halogens is 4. The third-order valence-electron chi connectivity index (χ3n) is 1.59. The zero-order chi connectivity index (χ0) is 11.7. The Morgan fingerprint density at radius 3 is 1.93 bits per heavy atom. The maximum atomic E-state index is 11.1. The van der Waals surface area contributed by atoms with Crippen LogP contribution in [0.2, 0.25) is 0 Å². The fourth-order valence-corrected chi connectivity index (χ4v) is 5.34. The van der Waals surface area contributed by atoms with Crippen LogP contribution < -0.4 is 5.73 Å². The van der Waals surface area contributed by atoms with E-state index in [1.807, 2.05) is 74.1 Å². The van der Waals surface area contributed by atoms with Gasteiger partial charge in [-0.25, -0.2) is 0 Å². The SMILES string of the molecule is [NH]C(=O)c1c(I)c(I)c(I)c([C]=O)c1I. The molecule has 0 aliphatic rings. The molecule has 1 N–H and O–H groups in total. The molecule has 0 atom stereocenters. The van der Waals surface area contributed by atoms with Crippen molar-refractivity contribution in [3.05, 3.63) is 25.4 Å². The van der Waals surface area contributed by atoms with Gasteiger partial charge in [0.15, 0.2) is 0 Å². The summed E-state index contributed by atoms with van der Waals surface area (Å²) in [7, 11) is 0. The molecule has 78 valence electrons. The fourth-order valence-electron chi connectivity index (χ4n) is 0.923. The van der Waals surface area contributed by atoms with E-state index in [9.17, 15) is 9.59 Å². The summed E-state index contributed by atoms with van der Waals surface area (Å²) in [6, 6.07) is 0. The Kier molecular flexibility index (Phi) is 5.50. The van der Waals surface area contributed by atoms with E-state index in [4.69, 9.17) is 5.73 Å². The van der Waals surface area contributed by atoms with Gasteiger partial charge in [-0.1, -0.05) is 0 Å². The summed E-state index contributed by atoms with van der Waals surface area (Å²) in [4.78, 5) is 21.9. The number of carbonyl (C=O) groups is 1. The van der Waals surface area contributed by atoms with Gasteiger partial charge in [0.1, 0.15) is 0 Å². The van der Waals surface area contributed by atoms with Gasteiger partial charge < -0.3 is 0 Å². The lowest BCUT2D eigenvalue weighted by atomic mass is 10.1. The minimum absolute atomic E-state index is 0.291. The minimum Gasteiger partial charge on any atom is -0.285 e. The molecule has 15 heavy (non-hydrogen) atoms. The number of hydrogen-bond acceptors (Lipinski definition) is 2. The largest absolute Gasteiger partial charge is 0.285 e. The molecule has 2 radical (unpaired) electrons. The molecule has 1 rings (SSSR count). The molecule has 0 aliphatic carbocycles. The Bertz CT molecular complexity index is 459. The van der Waals surface area contributed by atoms with Crippen LogP contribution in [0.4, 0.5) is 0 Å². The van der Waals surface area contributed by atoms with Gasteiger partial charge in [-0.05, 0) is 90.4 Å². The average Bonchev–Trinajstić information content (AvgIpc) is 2.15. The van der Waals surface area contributed by atoms with Crippen molar-refractivity contribution in [2.45, 2.75) is 0 Å². The first-order chi connectivity index (χ1) is 6.91. The van der Waals surface area contributed by atoms with Gasteiger partial charge in [-0.2, -0.15) is 0 Å². The van der Waals surface area contributed by atoms with E-state index in [1.165, 1.54) is 0 Å². The van der Waals surface area contributed by atoms with Gasteiger partial charge in [0.2, 0.25) is 6.29 Å². The Morgan fingerprint density at radius 2 is 1.53 bits per heavy atom. The first kappa shape index (κ1) is 14.3. The first-order valence-electron chi connectivity index (χ1n) is 3.41. The molecule has 0 spiro atoms.